The van der Waals surface area contributed by atoms with Crippen LogP contribution in [0.15, 0.2) is 48.5 Å². The maximum Gasteiger partial charge on any atom is 0.343 e. The molecule has 0 aliphatic carbocycles. The molecule has 90 valence electrons. The molecule has 0 heterocycles. The summed E-state index contributed by atoms with van der Waals surface area (Å²) in [5.74, 6) is 0.0285. The Balaban J connectivity index is 2.16. The van der Waals surface area contributed by atoms with Gasteiger partial charge in [-0.3, -0.25) is 4.79 Å². The number of rotatable bonds is 3. The lowest BCUT2D eigenvalue weighted by atomic mass is 10.1. The van der Waals surface area contributed by atoms with Crippen LogP contribution in [0, 0.1) is 6.92 Å². The molecule has 0 spiro atoms. The number of aryl methyl sites for hydroxylation is 1. The van der Waals surface area contributed by atoms with Crippen LogP contribution in [0.1, 0.15) is 26.3 Å². The Bertz CT molecular complexity index is 571. The lowest BCUT2D eigenvalue weighted by Gasteiger charge is -2.06. The van der Waals surface area contributed by atoms with Crippen molar-refractivity contribution >= 4 is 12.3 Å². The summed E-state index contributed by atoms with van der Waals surface area (Å²) >= 11 is 0. The van der Waals surface area contributed by atoms with E-state index in [4.69, 9.17) is 4.74 Å². The van der Waals surface area contributed by atoms with Crippen LogP contribution in [-0.2, 0) is 0 Å². The zero-order chi connectivity index (χ0) is 13.0. The fourth-order valence-electron chi connectivity index (χ4n) is 1.58. The number of carbonyl (C=O) groups excluding carboxylic acids is 2. The highest BCUT2D eigenvalue weighted by Crippen LogP contribution is 2.15. The van der Waals surface area contributed by atoms with Gasteiger partial charge in [0, 0.05) is 5.56 Å². The minimum atomic E-state index is -0.396. The molecule has 18 heavy (non-hydrogen) atoms. The Morgan fingerprint density at radius 2 is 1.72 bits per heavy atom. The second-order valence-corrected chi connectivity index (χ2v) is 3.89. The van der Waals surface area contributed by atoms with Crippen LogP contribution in [0.2, 0.25) is 0 Å². The van der Waals surface area contributed by atoms with E-state index in [0.29, 0.717) is 16.9 Å². The summed E-state index contributed by atoms with van der Waals surface area (Å²) in [5, 5.41) is 0. The molecule has 2 aromatic carbocycles. The molecule has 2 rings (SSSR count). The van der Waals surface area contributed by atoms with Crippen LogP contribution >= 0.6 is 0 Å². The highest BCUT2D eigenvalue weighted by Gasteiger charge is 2.10. The molecule has 0 aliphatic heterocycles. The number of benzene rings is 2. The average Bonchev–Trinajstić information content (AvgIpc) is 2.40. The summed E-state index contributed by atoms with van der Waals surface area (Å²) in [6, 6.07) is 13.6. The molecular weight excluding hydrogens is 228 g/mol. The quantitative estimate of drug-likeness (QED) is 0.470. The molecule has 2 aromatic rings. The van der Waals surface area contributed by atoms with Gasteiger partial charge in [0.1, 0.15) is 12.0 Å². The van der Waals surface area contributed by atoms with Gasteiger partial charge in [-0.05, 0) is 42.8 Å². The molecule has 0 aromatic heterocycles. The molecule has 0 N–H and O–H groups in total. The molecule has 0 radical (unpaired) electrons. The number of carbonyl (C=O) groups is 2. The van der Waals surface area contributed by atoms with Gasteiger partial charge in [0.15, 0.2) is 0 Å². The van der Waals surface area contributed by atoms with Crippen LogP contribution in [0.25, 0.3) is 0 Å². The summed E-state index contributed by atoms with van der Waals surface area (Å²) in [4.78, 5) is 22.4. The van der Waals surface area contributed by atoms with Crippen LogP contribution in [0.3, 0.4) is 0 Å². The third kappa shape index (κ3) is 2.63. The van der Waals surface area contributed by atoms with Gasteiger partial charge < -0.3 is 4.74 Å². The lowest BCUT2D eigenvalue weighted by Crippen LogP contribution is -2.09. The zero-order valence-corrected chi connectivity index (χ0v) is 9.92. The molecule has 0 bridgehead atoms. The Labute approximate surface area is 105 Å². The van der Waals surface area contributed by atoms with E-state index in [9.17, 15) is 9.59 Å². The normalized spacial score (nSPS) is 9.83. The number of esters is 1. The van der Waals surface area contributed by atoms with Crippen molar-refractivity contribution < 1.29 is 14.3 Å². The predicted molar refractivity (Wildman–Crippen MR) is 68.0 cm³/mol. The molecule has 3 nitrogen and oxygen atoms in total. The Morgan fingerprint density at radius 3 is 2.33 bits per heavy atom. The number of aldehydes is 1. The summed E-state index contributed by atoms with van der Waals surface area (Å²) in [6.45, 7) is 1.85. The van der Waals surface area contributed by atoms with Gasteiger partial charge in [0.25, 0.3) is 0 Å². The van der Waals surface area contributed by atoms with Crippen LogP contribution in [0.4, 0.5) is 0 Å². The minimum absolute atomic E-state index is 0.396. The third-order valence-electron chi connectivity index (χ3n) is 2.59. The van der Waals surface area contributed by atoms with Crippen molar-refractivity contribution in [2.45, 2.75) is 6.92 Å². The van der Waals surface area contributed by atoms with Crippen molar-refractivity contribution in [2.24, 2.45) is 0 Å². The van der Waals surface area contributed by atoms with Crippen molar-refractivity contribution in [1.82, 2.24) is 0 Å². The van der Waals surface area contributed by atoms with Gasteiger partial charge in [-0.2, -0.15) is 0 Å². The van der Waals surface area contributed by atoms with E-state index in [1.165, 1.54) is 0 Å². The van der Waals surface area contributed by atoms with E-state index in [1.54, 1.807) is 36.4 Å². The number of hydrogen-bond acceptors (Lipinski definition) is 3. The van der Waals surface area contributed by atoms with Gasteiger partial charge in [-0.15, -0.1) is 0 Å². The van der Waals surface area contributed by atoms with E-state index in [-0.39, 0.29) is 0 Å². The number of hydrogen-bond donors (Lipinski definition) is 0. The fourth-order valence-corrected chi connectivity index (χ4v) is 1.58. The lowest BCUT2D eigenvalue weighted by molar-refractivity contribution is 0.0734. The Kier molecular flexibility index (Phi) is 3.53. The maximum atomic E-state index is 11.9. The smallest absolute Gasteiger partial charge is 0.343 e. The summed E-state index contributed by atoms with van der Waals surface area (Å²) < 4.78 is 5.23. The van der Waals surface area contributed by atoms with Gasteiger partial charge in [0.2, 0.25) is 0 Å². The molecule has 0 unspecified atom stereocenters. The van der Waals surface area contributed by atoms with Gasteiger partial charge in [-0.25, -0.2) is 4.79 Å². The summed E-state index contributed by atoms with van der Waals surface area (Å²) in [6.07, 6.45) is 0.743. The van der Waals surface area contributed by atoms with Crippen LogP contribution in [0.5, 0.6) is 5.75 Å². The first-order valence-electron chi connectivity index (χ1n) is 5.54. The maximum absolute atomic E-state index is 11.9. The van der Waals surface area contributed by atoms with E-state index in [1.807, 2.05) is 19.1 Å². The highest BCUT2D eigenvalue weighted by atomic mass is 16.5. The second-order valence-electron chi connectivity index (χ2n) is 3.89. The van der Waals surface area contributed by atoms with Crippen molar-refractivity contribution in [2.75, 3.05) is 0 Å². The molecule has 0 atom stereocenters. The van der Waals surface area contributed by atoms with E-state index < -0.39 is 5.97 Å². The molecule has 0 saturated heterocycles. The van der Waals surface area contributed by atoms with Crippen molar-refractivity contribution in [3.8, 4) is 5.75 Å². The van der Waals surface area contributed by atoms with Gasteiger partial charge >= 0.3 is 5.97 Å². The fraction of sp³-hybridized carbons (Fsp3) is 0.0667. The Morgan fingerprint density at radius 1 is 1.06 bits per heavy atom. The van der Waals surface area contributed by atoms with Crippen molar-refractivity contribution in [3.63, 3.8) is 0 Å². The first kappa shape index (κ1) is 12.0. The summed E-state index contributed by atoms with van der Waals surface area (Å²) in [5.41, 5.74) is 1.95. The minimum Gasteiger partial charge on any atom is -0.423 e. The molecule has 0 fully saturated rings. The zero-order valence-electron chi connectivity index (χ0n) is 9.92. The Hall–Kier alpha value is -2.42. The molecule has 3 heteroatoms. The summed E-state index contributed by atoms with van der Waals surface area (Å²) in [7, 11) is 0. The monoisotopic (exact) mass is 240 g/mol. The largest absolute Gasteiger partial charge is 0.423 e. The standard InChI is InChI=1S/C15H12O3/c1-11-4-2-3-5-14(11)15(17)18-13-8-6-12(10-16)7-9-13/h2-10H,1H3. The molecule has 0 amide bonds. The number of ether oxygens (including phenoxy) is 1. The van der Waals surface area contributed by atoms with Gasteiger partial charge in [-0.1, -0.05) is 18.2 Å². The molecular formula is C15H12O3. The topological polar surface area (TPSA) is 43.4 Å². The molecule has 0 aliphatic rings. The first-order valence-corrected chi connectivity index (χ1v) is 5.54. The SMILES string of the molecule is Cc1ccccc1C(=O)Oc1ccc(C=O)cc1. The van der Waals surface area contributed by atoms with Crippen LogP contribution < -0.4 is 4.74 Å². The van der Waals surface area contributed by atoms with Gasteiger partial charge in [0.05, 0.1) is 5.56 Å². The average molecular weight is 240 g/mol. The van der Waals surface area contributed by atoms with E-state index in [2.05, 4.69) is 0 Å². The van der Waals surface area contributed by atoms with Crippen LogP contribution in [-0.4, -0.2) is 12.3 Å². The first-order chi connectivity index (χ1) is 8.70. The second kappa shape index (κ2) is 5.27. The van der Waals surface area contributed by atoms with Crippen molar-refractivity contribution in [1.29, 1.82) is 0 Å². The predicted octanol–water partition coefficient (Wildman–Crippen LogP) is 3.03. The van der Waals surface area contributed by atoms with Crippen molar-refractivity contribution in [3.05, 3.63) is 65.2 Å². The molecule has 0 saturated carbocycles. The highest BCUT2D eigenvalue weighted by molar-refractivity contribution is 5.92. The van der Waals surface area contributed by atoms with E-state index >= 15 is 0 Å². The van der Waals surface area contributed by atoms with E-state index in [0.717, 1.165) is 11.8 Å². The third-order valence-corrected chi connectivity index (χ3v) is 2.59.